The van der Waals surface area contributed by atoms with E-state index in [2.05, 4.69) is 0 Å². The van der Waals surface area contributed by atoms with E-state index in [0.29, 0.717) is 18.7 Å². The van der Waals surface area contributed by atoms with Crippen LogP contribution in [-0.4, -0.2) is 37.7 Å². The molecule has 3 nitrogen and oxygen atoms in total. The number of methoxy groups -OCH3 is 1. The summed E-state index contributed by atoms with van der Waals surface area (Å²) in [5.41, 5.74) is 6.36. The average molecular weight is 274 g/mol. The molecule has 6 heteroatoms. The molecule has 0 aromatic heterocycles. The van der Waals surface area contributed by atoms with Gasteiger partial charge in [0.25, 0.3) is 0 Å². The third-order valence-corrected chi connectivity index (χ3v) is 3.48. The Balaban J connectivity index is 2.27. The second-order valence-electron chi connectivity index (χ2n) is 4.72. The summed E-state index contributed by atoms with van der Waals surface area (Å²) < 4.78 is 44.6. The van der Waals surface area contributed by atoms with E-state index in [1.807, 2.05) is 4.90 Å². The minimum absolute atomic E-state index is 0.221. The second-order valence-corrected chi connectivity index (χ2v) is 4.72. The lowest BCUT2D eigenvalue weighted by molar-refractivity contribution is 0.138. The highest BCUT2D eigenvalue weighted by Crippen LogP contribution is 2.32. The Kier molecular flexibility index (Phi) is 4.44. The van der Waals surface area contributed by atoms with Gasteiger partial charge in [0.15, 0.2) is 17.5 Å². The largest absolute Gasteiger partial charge is 0.383 e. The molecule has 2 unspecified atom stereocenters. The normalized spacial score (nSPS) is 24.1. The van der Waals surface area contributed by atoms with E-state index in [0.717, 1.165) is 25.1 Å². The molecule has 0 bridgehead atoms. The standard InChI is InChI=1S/C13H17F3N2O/c1-19-5-4-18-3-2-11(17)13(18)8-6-9(14)12(16)10(15)7-8/h6-7,11,13H,2-5,17H2,1H3. The topological polar surface area (TPSA) is 38.5 Å². The van der Waals surface area contributed by atoms with Crippen molar-refractivity contribution in [3.63, 3.8) is 0 Å². The minimum Gasteiger partial charge on any atom is -0.383 e. The third-order valence-electron chi connectivity index (χ3n) is 3.48. The molecule has 0 spiro atoms. The first-order valence-corrected chi connectivity index (χ1v) is 6.17. The van der Waals surface area contributed by atoms with Crippen LogP contribution in [0.3, 0.4) is 0 Å². The van der Waals surface area contributed by atoms with E-state index in [4.69, 9.17) is 10.5 Å². The molecule has 1 aromatic rings. The van der Waals surface area contributed by atoms with Crippen molar-refractivity contribution in [1.29, 1.82) is 0 Å². The molecule has 1 aromatic carbocycles. The smallest absolute Gasteiger partial charge is 0.194 e. The maximum absolute atomic E-state index is 13.3. The summed E-state index contributed by atoms with van der Waals surface area (Å²) in [6, 6.07) is 1.52. The zero-order chi connectivity index (χ0) is 14.0. The van der Waals surface area contributed by atoms with Crippen LogP contribution in [0, 0.1) is 17.5 Å². The van der Waals surface area contributed by atoms with Crippen LogP contribution < -0.4 is 5.73 Å². The summed E-state index contributed by atoms with van der Waals surface area (Å²) in [4.78, 5) is 2.00. The van der Waals surface area contributed by atoms with Gasteiger partial charge < -0.3 is 10.5 Å². The van der Waals surface area contributed by atoms with Gasteiger partial charge in [0.2, 0.25) is 0 Å². The number of ether oxygens (including phenoxy) is 1. The molecule has 2 atom stereocenters. The van der Waals surface area contributed by atoms with Gasteiger partial charge >= 0.3 is 0 Å². The summed E-state index contributed by atoms with van der Waals surface area (Å²) in [5.74, 6) is -3.81. The average Bonchev–Trinajstić information content (AvgIpc) is 2.74. The number of hydrogen-bond donors (Lipinski definition) is 1. The number of hydrogen-bond acceptors (Lipinski definition) is 3. The number of benzene rings is 1. The molecule has 0 amide bonds. The molecule has 1 aliphatic rings. The number of rotatable bonds is 4. The van der Waals surface area contributed by atoms with E-state index in [9.17, 15) is 13.2 Å². The summed E-state index contributed by atoms with van der Waals surface area (Å²) in [6.07, 6.45) is 0.731. The van der Waals surface area contributed by atoms with E-state index in [1.165, 1.54) is 0 Å². The Morgan fingerprint density at radius 2 is 1.95 bits per heavy atom. The fourth-order valence-corrected chi connectivity index (χ4v) is 2.55. The minimum atomic E-state index is -1.45. The first-order chi connectivity index (χ1) is 9.04. The van der Waals surface area contributed by atoms with E-state index in [-0.39, 0.29) is 12.1 Å². The summed E-state index contributed by atoms with van der Waals surface area (Å²) in [7, 11) is 1.59. The van der Waals surface area contributed by atoms with Crippen LogP contribution in [0.2, 0.25) is 0 Å². The lowest BCUT2D eigenvalue weighted by atomic mass is 10.0. The van der Waals surface area contributed by atoms with Crippen LogP contribution in [-0.2, 0) is 4.74 Å². The van der Waals surface area contributed by atoms with Crippen molar-refractivity contribution in [3.8, 4) is 0 Å². The van der Waals surface area contributed by atoms with E-state index >= 15 is 0 Å². The number of nitrogens with zero attached hydrogens (tertiary/aromatic N) is 1. The van der Waals surface area contributed by atoms with Crippen LogP contribution in [0.5, 0.6) is 0 Å². The van der Waals surface area contributed by atoms with Gasteiger partial charge in [-0.1, -0.05) is 0 Å². The fraction of sp³-hybridized carbons (Fsp3) is 0.538. The SMILES string of the molecule is COCCN1CCC(N)C1c1cc(F)c(F)c(F)c1. The van der Waals surface area contributed by atoms with Gasteiger partial charge in [-0.2, -0.15) is 0 Å². The Morgan fingerprint density at radius 1 is 1.32 bits per heavy atom. The van der Waals surface area contributed by atoms with Crippen LogP contribution in [0.4, 0.5) is 13.2 Å². The fourth-order valence-electron chi connectivity index (χ4n) is 2.55. The maximum Gasteiger partial charge on any atom is 0.194 e. The molecule has 1 heterocycles. The van der Waals surface area contributed by atoms with Gasteiger partial charge in [0.05, 0.1) is 12.6 Å². The number of likely N-dealkylation sites (tertiary alicyclic amines) is 1. The zero-order valence-corrected chi connectivity index (χ0v) is 10.7. The van der Waals surface area contributed by atoms with Crippen LogP contribution in [0.1, 0.15) is 18.0 Å². The van der Waals surface area contributed by atoms with Crippen molar-refractivity contribution in [3.05, 3.63) is 35.1 Å². The van der Waals surface area contributed by atoms with Crippen molar-refractivity contribution in [1.82, 2.24) is 4.90 Å². The van der Waals surface area contributed by atoms with E-state index in [1.54, 1.807) is 7.11 Å². The lowest BCUT2D eigenvalue weighted by Gasteiger charge is -2.27. The molecule has 1 aliphatic heterocycles. The molecule has 0 aliphatic carbocycles. The monoisotopic (exact) mass is 274 g/mol. The van der Waals surface area contributed by atoms with Crippen LogP contribution >= 0.6 is 0 Å². The van der Waals surface area contributed by atoms with Gasteiger partial charge in [-0.05, 0) is 24.1 Å². The van der Waals surface area contributed by atoms with Gasteiger partial charge in [-0.3, -0.25) is 4.90 Å². The molecular formula is C13H17F3N2O. The molecular weight excluding hydrogens is 257 g/mol. The van der Waals surface area contributed by atoms with Gasteiger partial charge in [-0.25, -0.2) is 13.2 Å². The Labute approximate surface area is 110 Å². The zero-order valence-electron chi connectivity index (χ0n) is 10.7. The van der Waals surface area contributed by atoms with Gasteiger partial charge in [0, 0.05) is 26.2 Å². The first-order valence-electron chi connectivity index (χ1n) is 6.17. The number of halogens is 3. The quantitative estimate of drug-likeness (QED) is 0.851. The van der Waals surface area contributed by atoms with Crippen molar-refractivity contribution in [2.75, 3.05) is 26.8 Å². The summed E-state index contributed by atoms with van der Waals surface area (Å²) in [6.45, 7) is 1.86. The summed E-state index contributed by atoms with van der Waals surface area (Å²) >= 11 is 0. The molecule has 2 N–H and O–H groups in total. The van der Waals surface area contributed by atoms with Gasteiger partial charge in [-0.15, -0.1) is 0 Å². The Bertz CT molecular complexity index is 433. The molecule has 0 saturated carbocycles. The highest BCUT2D eigenvalue weighted by Gasteiger charge is 2.33. The lowest BCUT2D eigenvalue weighted by Crippen LogP contribution is -2.34. The molecule has 2 rings (SSSR count). The molecule has 0 radical (unpaired) electrons. The van der Waals surface area contributed by atoms with Crippen molar-refractivity contribution < 1.29 is 17.9 Å². The van der Waals surface area contributed by atoms with Crippen LogP contribution in [0.25, 0.3) is 0 Å². The van der Waals surface area contributed by atoms with E-state index < -0.39 is 17.5 Å². The van der Waals surface area contributed by atoms with Gasteiger partial charge in [0.1, 0.15) is 0 Å². The highest BCUT2D eigenvalue weighted by molar-refractivity contribution is 5.25. The second kappa shape index (κ2) is 5.90. The first kappa shape index (κ1) is 14.3. The Morgan fingerprint density at radius 3 is 2.53 bits per heavy atom. The molecule has 1 fully saturated rings. The maximum atomic E-state index is 13.3. The van der Waals surface area contributed by atoms with Crippen molar-refractivity contribution in [2.45, 2.75) is 18.5 Å². The number of nitrogens with two attached hydrogens (primary N) is 1. The highest BCUT2D eigenvalue weighted by atomic mass is 19.2. The molecule has 106 valence electrons. The Hall–Kier alpha value is -1.11. The predicted octanol–water partition coefficient (Wildman–Crippen LogP) is 1.82. The predicted molar refractivity (Wildman–Crippen MR) is 65.1 cm³/mol. The molecule has 1 saturated heterocycles. The third kappa shape index (κ3) is 2.91. The summed E-state index contributed by atoms with van der Waals surface area (Å²) in [5, 5.41) is 0. The van der Waals surface area contributed by atoms with Crippen molar-refractivity contribution in [2.24, 2.45) is 5.73 Å². The van der Waals surface area contributed by atoms with Crippen molar-refractivity contribution >= 4 is 0 Å². The molecule has 19 heavy (non-hydrogen) atoms. The van der Waals surface area contributed by atoms with Crippen LogP contribution in [0.15, 0.2) is 12.1 Å².